The zero-order valence-corrected chi connectivity index (χ0v) is 14.6. The summed E-state index contributed by atoms with van der Waals surface area (Å²) in [5.41, 5.74) is 0.624. The first-order chi connectivity index (χ1) is 10.9. The zero-order chi connectivity index (χ0) is 16.9. The number of anilines is 1. The summed E-state index contributed by atoms with van der Waals surface area (Å²) in [5.74, 6) is 0.874. The van der Waals surface area contributed by atoms with Crippen molar-refractivity contribution in [2.24, 2.45) is 0 Å². The van der Waals surface area contributed by atoms with Crippen LogP contribution in [0.2, 0.25) is 0 Å². The summed E-state index contributed by atoms with van der Waals surface area (Å²) >= 11 is 0. The Morgan fingerprint density at radius 1 is 1.35 bits per heavy atom. The van der Waals surface area contributed by atoms with Crippen molar-refractivity contribution in [3.8, 4) is 0 Å². The van der Waals surface area contributed by atoms with Crippen molar-refractivity contribution in [1.29, 1.82) is 0 Å². The second-order valence-corrected chi connectivity index (χ2v) is 7.03. The van der Waals surface area contributed by atoms with E-state index in [1.165, 1.54) is 0 Å². The molecule has 0 atom stereocenters. The van der Waals surface area contributed by atoms with Crippen LogP contribution in [-0.4, -0.2) is 45.7 Å². The first-order valence-electron chi connectivity index (χ1n) is 8.43. The van der Waals surface area contributed by atoms with Crippen LogP contribution in [0.4, 0.5) is 10.6 Å². The van der Waals surface area contributed by atoms with Crippen LogP contribution in [-0.2, 0) is 11.2 Å². The fourth-order valence-corrected chi connectivity index (χ4v) is 2.61. The average Bonchev–Trinajstić information content (AvgIpc) is 2.47. The van der Waals surface area contributed by atoms with Crippen molar-refractivity contribution in [1.82, 2.24) is 14.9 Å². The number of aromatic nitrogens is 2. The fourth-order valence-electron chi connectivity index (χ4n) is 2.61. The highest BCUT2D eigenvalue weighted by Crippen LogP contribution is 2.18. The van der Waals surface area contributed by atoms with E-state index in [9.17, 15) is 4.79 Å². The minimum Gasteiger partial charge on any atom is -0.444 e. The summed E-state index contributed by atoms with van der Waals surface area (Å²) in [6.45, 7) is 9.23. The van der Waals surface area contributed by atoms with Gasteiger partial charge < -0.3 is 15.0 Å². The molecule has 0 unspecified atom stereocenters. The first-order valence-corrected chi connectivity index (χ1v) is 8.43. The molecule has 2 rings (SSSR count). The number of nitrogens with one attached hydrogen (secondary N) is 1. The molecule has 0 spiro atoms. The van der Waals surface area contributed by atoms with E-state index in [4.69, 9.17) is 4.74 Å². The third-order valence-corrected chi connectivity index (χ3v) is 3.73. The molecular weight excluding hydrogens is 292 g/mol. The molecule has 1 aromatic rings. The largest absolute Gasteiger partial charge is 0.444 e. The van der Waals surface area contributed by atoms with Gasteiger partial charge in [0.25, 0.3) is 0 Å². The number of carbonyl (C=O) groups excluding carboxylic acids is 1. The standard InChI is InChI=1S/C17H28N4O2/c1-5-6-14-11-15(19-12-18-14)20-13-7-9-21(10-8-13)16(22)23-17(2,3)4/h11-13H,5-10H2,1-4H3,(H,18,19,20). The molecule has 1 aliphatic rings. The molecule has 0 aliphatic carbocycles. The molecule has 6 nitrogen and oxygen atoms in total. The predicted octanol–water partition coefficient (Wildman–Crippen LogP) is 3.24. The second kappa shape index (κ2) is 7.62. The molecule has 1 N–H and O–H groups in total. The van der Waals surface area contributed by atoms with E-state index < -0.39 is 5.60 Å². The zero-order valence-electron chi connectivity index (χ0n) is 14.6. The normalized spacial score (nSPS) is 16.3. The first kappa shape index (κ1) is 17.5. The maximum Gasteiger partial charge on any atom is 0.410 e. The number of piperidine rings is 1. The minimum atomic E-state index is -0.442. The molecule has 2 heterocycles. The number of likely N-dealkylation sites (tertiary alicyclic amines) is 1. The molecule has 23 heavy (non-hydrogen) atoms. The Morgan fingerprint density at radius 2 is 2.04 bits per heavy atom. The van der Waals surface area contributed by atoms with Gasteiger partial charge in [0.05, 0.1) is 0 Å². The third-order valence-electron chi connectivity index (χ3n) is 3.73. The number of carbonyl (C=O) groups is 1. The van der Waals surface area contributed by atoms with Crippen LogP contribution in [0.1, 0.15) is 52.7 Å². The van der Waals surface area contributed by atoms with Crippen LogP contribution in [0.15, 0.2) is 12.4 Å². The summed E-state index contributed by atoms with van der Waals surface area (Å²) in [4.78, 5) is 22.4. The maximum absolute atomic E-state index is 12.1. The summed E-state index contributed by atoms with van der Waals surface area (Å²) in [7, 11) is 0. The summed E-state index contributed by atoms with van der Waals surface area (Å²) < 4.78 is 5.42. The molecular formula is C17H28N4O2. The van der Waals surface area contributed by atoms with Crippen LogP contribution in [0.5, 0.6) is 0 Å². The quantitative estimate of drug-likeness (QED) is 0.922. The lowest BCUT2D eigenvalue weighted by atomic mass is 10.1. The Balaban J connectivity index is 1.83. The monoisotopic (exact) mass is 320 g/mol. The number of hydrogen-bond donors (Lipinski definition) is 1. The summed E-state index contributed by atoms with van der Waals surface area (Å²) in [6.07, 6.45) is 5.23. The van der Waals surface area contributed by atoms with Crippen LogP contribution in [0.3, 0.4) is 0 Å². The van der Waals surface area contributed by atoms with E-state index in [1.807, 2.05) is 26.8 Å². The van der Waals surface area contributed by atoms with Gasteiger partial charge in [0.1, 0.15) is 17.7 Å². The van der Waals surface area contributed by atoms with Crippen molar-refractivity contribution in [2.45, 2.75) is 65.0 Å². The highest BCUT2D eigenvalue weighted by Gasteiger charge is 2.26. The van der Waals surface area contributed by atoms with E-state index in [0.717, 1.165) is 37.2 Å². The molecule has 1 fully saturated rings. The van der Waals surface area contributed by atoms with Gasteiger partial charge in [-0.15, -0.1) is 0 Å². The van der Waals surface area contributed by atoms with Gasteiger partial charge in [-0.05, 0) is 40.0 Å². The number of hydrogen-bond acceptors (Lipinski definition) is 5. The molecule has 128 valence electrons. The lowest BCUT2D eigenvalue weighted by Gasteiger charge is -2.33. The van der Waals surface area contributed by atoms with Gasteiger partial charge in [-0.1, -0.05) is 13.3 Å². The topological polar surface area (TPSA) is 67.4 Å². The Kier molecular flexibility index (Phi) is 5.80. The van der Waals surface area contributed by atoms with Gasteiger partial charge in [0.2, 0.25) is 0 Å². The van der Waals surface area contributed by atoms with Crippen molar-refractivity contribution in [3.63, 3.8) is 0 Å². The Bertz CT molecular complexity index is 520. The lowest BCUT2D eigenvalue weighted by molar-refractivity contribution is 0.0210. The van der Waals surface area contributed by atoms with E-state index in [1.54, 1.807) is 11.2 Å². The van der Waals surface area contributed by atoms with Gasteiger partial charge >= 0.3 is 6.09 Å². The summed E-state index contributed by atoms with van der Waals surface area (Å²) in [5, 5.41) is 3.46. The second-order valence-electron chi connectivity index (χ2n) is 7.03. The molecule has 0 saturated carbocycles. The molecule has 0 radical (unpaired) electrons. The molecule has 1 aliphatic heterocycles. The number of aryl methyl sites for hydroxylation is 1. The van der Waals surface area contributed by atoms with Crippen molar-refractivity contribution in [3.05, 3.63) is 18.1 Å². The van der Waals surface area contributed by atoms with Gasteiger partial charge in [-0.25, -0.2) is 14.8 Å². The Hall–Kier alpha value is -1.85. The average molecular weight is 320 g/mol. The highest BCUT2D eigenvalue weighted by atomic mass is 16.6. The van der Waals surface area contributed by atoms with Crippen molar-refractivity contribution < 1.29 is 9.53 Å². The maximum atomic E-state index is 12.1. The van der Waals surface area contributed by atoms with E-state index in [0.29, 0.717) is 19.1 Å². The Labute approximate surface area is 138 Å². The molecule has 1 aromatic heterocycles. The fraction of sp³-hybridized carbons (Fsp3) is 0.706. The van der Waals surface area contributed by atoms with E-state index >= 15 is 0 Å². The van der Waals surface area contributed by atoms with Crippen LogP contribution >= 0.6 is 0 Å². The van der Waals surface area contributed by atoms with E-state index in [-0.39, 0.29) is 6.09 Å². The molecule has 1 saturated heterocycles. The van der Waals surface area contributed by atoms with Crippen LogP contribution in [0, 0.1) is 0 Å². The van der Waals surface area contributed by atoms with Crippen molar-refractivity contribution in [2.75, 3.05) is 18.4 Å². The van der Waals surface area contributed by atoms with Gasteiger partial charge in [-0.2, -0.15) is 0 Å². The lowest BCUT2D eigenvalue weighted by Crippen LogP contribution is -2.44. The van der Waals surface area contributed by atoms with Crippen LogP contribution in [0.25, 0.3) is 0 Å². The SMILES string of the molecule is CCCc1cc(NC2CCN(C(=O)OC(C)(C)C)CC2)ncn1. The number of nitrogens with zero attached hydrogens (tertiary/aromatic N) is 3. The van der Waals surface area contributed by atoms with Gasteiger partial charge in [0, 0.05) is 30.9 Å². The molecule has 0 aromatic carbocycles. The summed E-state index contributed by atoms with van der Waals surface area (Å²) in [6, 6.07) is 2.35. The molecule has 0 bridgehead atoms. The van der Waals surface area contributed by atoms with Gasteiger partial charge in [0.15, 0.2) is 0 Å². The van der Waals surface area contributed by atoms with E-state index in [2.05, 4.69) is 22.2 Å². The minimum absolute atomic E-state index is 0.219. The van der Waals surface area contributed by atoms with Gasteiger partial charge in [-0.3, -0.25) is 0 Å². The molecule has 1 amide bonds. The number of amides is 1. The van der Waals surface area contributed by atoms with Crippen LogP contribution < -0.4 is 5.32 Å². The highest BCUT2D eigenvalue weighted by molar-refractivity contribution is 5.68. The number of ether oxygens (including phenoxy) is 1. The third kappa shape index (κ3) is 5.69. The van der Waals surface area contributed by atoms with Crippen molar-refractivity contribution >= 4 is 11.9 Å². The molecule has 6 heteroatoms. The number of rotatable bonds is 4. The predicted molar refractivity (Wildman–Crippen MR) is 90.5 cm³/mol. The Morgan fingerprint density at radius 3 is 2.65 bits per heavy atom. The smallest absolute Gasteiger partial charge is 0.410 e.